The maximum atomic E-state index is 13.3. The summed E-state index contributed by atoms with van der Waals surface area (Å²) in [5, 5.41) is 2.47. The van der Waals surface area contributed by atoms with Gasteiger partial charge in [-0.2, -0.15) is 13.2 Å². The van der Waals surface area contributed by atoms with E-state index in [0.717, 1.165) is 13.2 Å². The van der Waals surface area contributed by atoms with E-state index in [1.54, 1.807) is 0 Å². The molecule has 2 aromatic rings. The highest BCUT2D eigenvalue weighted by Gasteiger charge is 2.32. The van der Waals surface area contributed by atoms with Gasteiger partial charge in [0.2, 0.25) is 10.0 Å². The first kappa shape index (κ1) is 29.6. The summed E-state index contributed by atoms with van der Waals surface area (Å²) in [6.07, 6.45) is -3.68. The number of nitrogens with one attached hydrogen (secondary N) is 2. The molecule has 0 radical (unpaired) electrons. The number of benzene rings is 2. The SMILES string of the molecule is CCCCS(=O)(=O)NC(Cc1ccc(NC(=O)c2cc(N=C(N)N)cc(C(F)(F)F)c2)cc1)C(=O)OC. The Balaban J connectivity index is 2.20. The number of anilines is 1. The second-order valence-electron chi connectivity index (χ2n) is 8.02. The Morgan fingerprint density at radius 3 is 2.30 bits per heavy atom. The van der Waals surface area contributed by atoms with Crippen molar-refractivity contribution in [2.45, 2.75) is 38.4 Å². The summed E-state index contributed by atoms with van der Waals surface area (Å²) in [6.45, 7) is 1.84. The largest absolute Gasteiger partial charge is 0.468 e. The van der Waals surface area contributed by atoms with Gasteiger partial charge in [0.25, 0.3) is 5.91 Å². The van der Waals surface area contributed by atoms with Gasteiger partial charge in [0.1, 0.15) is 6.04 Å². The Morgan fingerprint density at radius 2 is 1.76 bits per heavy atom. The molecule has 37 heavy (non-hydrogen) atoms. The molecule has 0 aromatic heterocycles. The van der Waals surface area contributed by atoms with Crippen LogP contribution in [-0.2, 0) is 32.2 Å². The molecule has 0 bridgehead atoms. The minimum Gasteiger partial charge on any atom is -0.468 e. The number of carbonyl (C=O) groups excluding carboxylic acids is 2. The molecule has 6 N–H and O–H groups in total. The van der Waals surface area contributed by atoms with E-state index in [4.69, 9.17) is 16.2 Å². The molecule has 0 saturated heterocycles. The van der Waals surface area contributed by atoms with Crippen LogP contribution in [0.25, 0.3) is 0 Å². The van der Waals surface area contributed by atoms with Crippen LogP contribution in [0.5, 0.6) is 0 Å². The summed E-state index contributed by atoms with van der Waals surface area (Å²) < 4.78 is 71.3. The number of alkyl halides is 3. The second-order valence-corrected chi connectivity index (χ2v) is 9.90. The lowest BCUT2D eigenvalue weighted by molar-refractivity contribution is -0.142. The molecule has 0 aliphatic carbocycles. The number of nitrogens with two attached hydrogens (primary N) is 2. The summed E-state index contributed by atoms with van der Waals surface area (Å²) in [7, 11) is -2.57. The van der Waals surface area contributed by atoms with Gasteiger partial charge in [-0.3, -0.25) is 9.59 Å². The zero-order valence-electron chi connectivity index (χ0n) is 20.1. The van der Waals surface area contributed by atoms with Crippen molar-refractivity contribution in [3.05, 3.63) is 59.2 Å². The summed E-state index contributed by atoms with van der Waals surface area (Å²) in [5.41, 5.74) is 9.59. The lowest BCUT2D eigenvalue weighted by Crippen LogP contribution is -2.43. The molecule has 0 aliphatic rings. The molecule has 202 valence electrons. The number of amides is 1. The lowest BCUT2D eigenvalue weighted by atomic mass is 10.1. The van der Waals surface area contributed by atoms with Gasteiger partial charge in [0, 0.05) is 11.3 Å². The lowest BCUT2D eigenvalue weighted by Gasteiger charge is -2.17. The molecule has 0 saturated carbocycles. The van der Waals surface area contributed by atoms with Crippen LogP contribution in [0.1, 0.15) is 41.3 Å². The smallest absolute Gasteiger partial charge is 0.416 e. The molecule has 0 heterocycles. The molecular weight excluding hydrogens is 515 g/mol. The van der Waals surface area contributed by atoms with Crippen LogP contribution in [0.15, 0.2) is 47.5 Å². The van der Waals surface area contributed by atoms with Gasteiger partial charge < -0.3 is 21.5 Å². The molecule has 10 nitrogen and oxygen atoms in total. The number of sulfonamides is 1. The number of hydrogen-bond acceptors (Lipinski definition) is 6. The van der Waals surface area contributed by atoms with E-state index >= 15 is 0 Å². The third-order valence-corrected chi connectivity index (χ3v) is 6.46. The van der Waals surface area contributed by atoms with Gasteiger partial charge in [0.15, 0.2) is 5.96 Å². The van der Waals surface area contributed by atoms with E-state index in [1.165, 1.54) is 24.3 Å². The van der Waals surface area contributed by atoms with E-state index in [2.05, 4.69) is 15.0 Å². The monoisotopic (exact) mass is 543 g/mol. The number of nitrogens with zero attached hydrogens (tertiary/aromatic N) is 1. The molecule has 0 aliphatic heterocycles. The fourth-order valence-electron chi connectivity index (χ4n) is 3.21. The number of hydrogen-bond donors (Lipinski definition) is 4. The average Bonchev–Trinajstić information content (AvgIpc) is 2.81. The Bertz CT molecular complexity index is 1240. The van der Waals surface area contributed by atoms with Gasteiger partial charge in [-0.25, -0.2) is 18.1 Å². The van der Waals surface area contributed by atoms with E-state index in [9.17, 15) is 31.2 Å². The van der Waals surface area contributed by atoms with Crippen LogP contribution in [0, 0.1) is 0 Å². The third kappa shape index (κ3) is 9.38. The van der Waals surface area contributed by atoms with Gasteiger partial charge >= 0.3 is 12.1 Å². The van der Waals surface area contributed by atoms with Crippen molar-refractivity contribution in [1.82, 2.24) is 4.72 Å². The summed E-state index contributed by atoms with van der Waals surface area (Å²) in [6, 6.07) is 7.29. The van der Waals surface area contributed by atoms with Gasteiger partial charge in [-0.15, -0.1) is 0 Å². The fraction of sp³-hybridized carbons (Fsp3) is 0.348. The number of carbonyl (C=O) groups is 2. The molecule has 14 heteroatoms. The molecule has 2 rings (SSSR count). The number of methoxy groups -OCH3 is 1. The summed E-state index contributed by atoms with van der Waals surface area (Å²) in [5.74, 6) is -2.22. The zero-order valence-corrected chi connectivity index (χ0v) is 20.9. The van der Waals surface area contributed by atoms with Crippen molar-refractivity contribution >= 4 is 39.2 Å². The van der Waals surface area contributed by atoms with Gasteiger partial charge in [-0.05, 0) is 48.7 Å². The van der Waals surface area contributed by atoms with Gasteiger partial charge in [0.05, 0.1) is 24.1 Å². The highest BCUT2D eigenvalue weighted by atomic mass is 32.2. The molecular formula is C23H28F3N5O5S. The number of guanidine groups is 1. The first-order valence-corrected chi connectivity index (χ1v) is 12.7. The van der Waals surface area contributed by atoms with E-state index in [-0.39, 0.29) is 29.1 Å². The molecule has 2 aromatic carbocycles. The summed E-state index contributed by atoms with van der Waals surface area (Å²) >= 11 is 0. The number of rotatable bonds is 11. The van der Waals surface area contributed by atoms with Gasteiger partial charge in [-0.1, -0.05) is 25.5 Å². The Hall–Kier alpha value is -3.65. The number of aliphatic imine (C=N–C) groups is 1. The van der Waals surface area contributed by atoms with Crippen LogP contribution < -0.4 is 21.5 Å². The predicted octanol–water partition coefficient (Wildman–Crippen LogP) is 2.67. The Labute approximate surface area is 212 Å². The first-order chi connectivity index (χ1) is 17.2. The molecule has 1 amide bonds. The normalized spacial score (nSPS) is 12.5. The number of halogens is 3. The fourth-order valence-corrected chi connectivity index (χ4v) is 4.61. The van der Waals surface area contributed by atoms with Crippen molar-refractivity contribution in [3.8, 4) is 0 Å². The van der Waals surface area contributed by atoms with Crippen LogP contribution in [-0.4, -0.2) is 45.2 Å². The molecule has 0 spiro atoms. The van der Waals surface area contributed by atoms with Crippen LogP contribution in [0.4, 0.5) is 24.5 Å². The quantitative estimate of drug-likeness (QED) is 0.192. The Morgan fingerprint density at radius 1 is 1.11 bits per heavy atom. The van der Waals surface area contributed by atoms with Crippen molar-refractivity contribution in [1.29, 1.82) is 0 Å². The van der Waals surface area contributed by atoms with Crippen molar-refractivity contribution < 1.29 is 35.9 Å². The topological polar surface area (TPSA) is 166 Å². The van der Waals surface area contributed by atoms with Crippen LogP contribution >= 0.6 is 0 Å². The third-order valence-electron chi connectivity index (χ3n) is 4.99. The van der Waals surface area contributed by atoms with Crippen LogP contribution in [0.2, 0.25) is 0 Å². The van der Waals surface area contributed by atoms with E-state index < -0.39 is 45.6 Å². The van der Waals surface area contributed by atoms with E-state index in [0.29, 0.717) is 30.5 Å². The number of ether oxygens (including phenoxy) is 1. The minimum absolute atomic E-state index is 0.0260. The van der Waals surface area contributed by atoms with E-state index in [1.807, 2.05) is 6.92 Å². The maximum absolute atomic E-state index is 13.3. The van der Waals surface area contributed by atoms with Crippen molar-refractivity contribution in [2.24, 2.45) is 16.5 Å². The summed E-state index contributed by atoms with van der Waals surface area (Å²) in [4.78, 5) is 28.3. The van der Waals surface area contributed by atoms with Crippen LogP contribution in [0.3, 0.4) is 0 Å². The molecule has 1 atom stereocenters. The predicted molar refractivity (Wildman–Crippen MR) is 133 cm³/mol. The second kappa shape index (κ2) is 12.5. The standard InChI is InChI=1S/C23H28F3N5O5S/c1-3-4-9-37(34,35)31-19(21(33)36-2)10-14-5-7-17(8-6-14)29-20(32)15-11-16(23(24,25)26)13-18(12-15)30-22(27)28/h5-8,11-13,19,31H,3-4,9-10H2,1-2H3,(H,29,32)(H4,27,28,30). The number of unbranched alkanes of at least 4 members (excludes halogenated alkanes) is 1. The van der Waals surface area contributed by atoms with Crippen molar-refractivity contribution in [2.75, 3.05) is 18.2 Å². The van der Waals surface area contributed by atoms with Crippen molar-refractivity contribution in [3.63, 3.8) is 0 Å². The minimum atomic E-state index is -4.74. The highest BCUT2D eigenvalue weighted by Crippen LogP contribution is 2.33. The first-order valence-electron chi connectivity index (χ1n) is 11.0. The number of esters is 1. The highest BCUT2D eigenvalue weighted by molar-refractivity contribution is 7.89. The average molecular weight is 544 g/mol. The Kier molecular flexibility index (Phi) is 10.0. The molecule has 0 fully saturated rings. The zero-order chi connectivity index (χ0) is 27.8. The maximum Gasteiger partial charge on any atom is 0.416 e. The molecule has 1 unspecified atom stereocenters.